The third-order valence-electron chi connectivity index (χ3n) is 2.71. The molecular weight excluding hydrogens is 268 g/mol. The molecule has 0 unspecified atom stereocenters. The summed E-state index contributed by atoms with van der Waals surface area (Å²) in [4.78, 5) is 3.97. The summed E-state index contributed by atoms with van der Waals surface area (Å²) >= 11 is 4.86. The lowest BCUT2D eigenvalue weighted by molar-refractivity contribution is 0.344. The largest absolute Gasteiger partial charge is 0.597 e. The van der Waals surface area contributed by atoms with Crippen LogP contribution < -0.4 is 0 Å². The lowest BCUT2D eigenvalue weighted by atomic mass is 10.1. The molecule has 0 N–H and O–H groups in total. The zero-order chi connectivity index (χ0) is 13.9. The molecule has 0 fully saturated rings. The molecule has 0 saturated heterocycles. The first-order valence-electron chi connectivity index (χ1n) is 6.07. The normalized spacial score (nSPS) is 15.8. The molecule has 0 spiro atoms. The molecule has 1 rings (SSSR count). The summed E-state index contributed by atoms with van der Waals surface area (Å²) in [6, 6.07) is 3.80. The highest BCUT2D eigenvalue weighted by atomic mass is 35.5. The summed E-state index contributed by atoms with van der Waals surface area (Å²) in [5, 5.41) is 0.469. The van der Waals surface area contributed by atoms with Crippen molar-refractivity contribution < 1.29 is 4.55 Å². The topological polar surface area (TPSA) is 39.2 Å². The van der Waals surface area contributed by atoms with E-state index in [9.17, 15) is 4.55 Å². The minimum absolute atomic E-state index is 0.0514. The zero-order valence-electron chi connectivity index (χ0n) is 11.6. The van der Waals surface area contributed by atoms with E-state index >= 15 is 0 Å². The molecule has 18 heavy (non-hydrogen) atoms. The Morgan fingerprint density at radius 2 is 2.11 bits per heavy atom. The van der Waals surface area contributed by atoms with Crippen LogP contribution in [0.15, 0.2) is 18.3 Å². The second-order valence-corrected chi connectivity index (χ2v) is 7.76. The molecule has 1 heterocycles. The number of rotatable bonds is 4. The van der Waals surface area contributed by atoms with E-state index in [2.05, 4.69) is 4.98 Å². The molecule has 0 aliphatic rings. The van der Waals surface area contributed by atoms with Gasteiger partial charge >= 0.3 is 0 Å². The van der Waals surface area contributed by atoms with Crippen molar-refractivity contribution in [1.29, 1.82) is 0 Å². The molecule has 1 aromatic rings. The fourth-order valence-corrected chi connectivity index (χ4v) is 3.26. The predicted octanol–water partition coefficient (Wildman–Crippen LogP) is 3.58. The van der Waals surface area contributed by atoms with Crippen LogP contribution in [0.5, 0.6) is 0 Å². The van der Waals surface area contributed by atoms with Gasteiger partial charge in [0.1, 0.15) is 9.90 Å². The van der Waals surface area contributed by atoms with Gasteiger partial charge in [0.05, 0.1) is 6.04 Å². The van der Waals surface area contributed by atoms with Crippen LogP contribution in [0, 0.1) is 0 Å². The van der Waals surface area contributed by atoms with Gasteiger partial charge in [0.25, 0.3) is 0 Å². The molecular formula is C13H21ClN2OS. The molecule has 2 atom stereocenters. The fraction of sp³-hybridized carbons (Fsp3) is 0.615. The summed E-state index contributed by atoms with van der Waals surface area (Å²) in [5.74, 6) is 0. The van der Waals surface area contributed by atoms with Crippen molar-refractivity contribution in [1.82, 2.24) is 9.29 Å². The Balaban J connectivity index is 2.96. The summed E-state index contributed by atoms with van der Waals surface area (Å²) in [6.45, 7) is 10.7. The third-order valence-corrected chi connectivity index (χ3v) is 4.97. The van der Waals surface area contributed by atoms with Gasteiger partial charge in [-0.1, -0.05) is 11.6 Å². The number of hydrogen-bond acceptors (Lipinski definition) is 3. The van der Waals surface area contributed by atoms with Crippen LogP contribution >= 0.6 is 11.6 Å². The van der Waals surface area contributed by atoms with E-state index in [-0.39, 0.29) is 10.8 Å². The zero-order valence-corrected chi connectivity index (χ0v) is 13.2. The minimum Gasteiger partial charge on any atom is -0.597 e. The van der Waals surface area contributed by atoms with E-state index in [1.807, 2.05) is 51.1 Å². The summed E-state index contributed by atoms with van der Waals surface area (Å²) in [5.41, 5.74) is 1.04. The Hall–Kier alpha value is -0.290. The van der Waals surface area contributed by atoms with Crippen LogP contribution in [0.2, 0.25) is 5.15 Å². The Labute approximate surface area is 118 Å². The first-order valence-corrected chi connectivity index (χ1v) is 7.56. The SMILES string of the molecule is CCN([C@H](C)c1ccnc(Cl)c1)[S@@+]([O-])C(C)(C)C. The van der Waals surface area contributed by atoms with Gasteiger partial charge in [-0.3, -0.25) is 0 Å². The number of aromatic nitrogens is 1. The van der Waals surface area contributed by atoms with Crippen LogP contribution in [0.1, 0.15) is 46.2 Å². The van der Waals surface area contributed by atoms with E-state index in [1.54, 1.807) is 6.20 Å². The first kappa shape index (κ1) is 15.8. The van der Waals surface area contributed by atoms with Gasteiger partial charge in [-0.15, -0.1) is 4.31 Å². The summed E-state index contributed by atoms with van der Waals surface area (Å²) in [6.07, 6.45) is 1.68. The number of pyridine rings is 1. The van der Waals surface area contributed by atoms with Crippen molar-refractivity contribution in [2.75, 3.05) is 6.54 Å². The molecule has 0 bridgehead atoms. The standard InChI is InChI=1S/C13H21ClN2OS/c1-6-16(18(17)13(3,4)5)10(2)11-7-8-15-12(14)9-11/h7-10H,6H2,1-5H3/t10-,18+/m1/s1. The van der Waals surface area contributed by atoms with E-state index in [1.165, 1.54) is 0 Å². The minimum atomic E-state index is -1.04. The first-order chi connectivity index (χ1) is 8.27. The smallest absolute Gasteiger partial charge is 0.137 e. The lowest BCUT2D eigenvalue weighted by Gasteiger charge is -2.35. The Morgan fingerprint density at radius 1 is 1.50 bits per heavy atom. The average Bonchev–Trinajstić information content (AvgIpc) is 2.28. The summed E-state index contributed by atoms with van der Waals surface area (Å²) < 4.78 is 14.2. The van der Waals surface area contributed by atoms with Crippen LogP contribution in [-0.2, 0) is 11.4 Å². The monoisotopic (exact) mass is 288 g/mol. The molecule has 1 aromatic heterocycles. The quantitative estimate of drug-likeness (QED) is 0.628. The lowest BCUT2D eigenvalue weighted by Crippen LogP contribution is -2.44. The highest BCUT2D eigenvalue weighted by molar-refractivity contribution is 7.90. The van der Waals surface area contributed by atoms with Crippen molar-refractivity contribution in [3.05, 3.63) is 29.0 Å². The maximum absolute atomic E-state index is 12.5. The van der Waals surface area contributed by atoms with E-state index in [0.717, 1.165) is 12.1 Å². The average molecular weight is 289 g/mol. The Morgan fingerprint density at radius 3 is 2.56 bits per heavy atom. The fourth-order valence-electron chi connectivity index (χ4n) is 1.73. The van der Waals surface area contributed by atoms with Gasteiger partial charge in [-0.25, -0.2) is 4.98 Å². The molecule has 0 amide bonds. The van der Waals surface area contributed by atoms with Gasteiger partial charge in [-0.2, -0.15) is 0 Å². The van der Waals surface area contributed by atoms with E-state index in [0.29, 0.717) is 5.15 Å². The maximum Gasteiger partial charge on any atom is 0.137 e. The second-order valence-electron chi connectivity index (χ2n) is 5.18. The van der Waals surface area contributed by atoms with Crippen LogP contribution in [0.25, 0.3) is 0 Å². The third kappa shape index (κ3) is 3.85. The van der Waals surface area contributed by atoms with Gasteiger partial charge in [0, 0.05) is 24.1 Å². The van der Waals surface area contributed by atoms with Crippen molar-refractivity contribution in [2.24, 2.45) is 0 Å². The van der Waals surface area contributed by atoms with Crippen LogP contribution in [0.3, 0.4) is 0 Å². The molecule has 0 saturated carbocycles. The van der Waals surface area contributed by atoms with Crippen LogP contribution in [-0.4, -0.2) is 25.1 Å². The van der Waals surface area contributed by atoms with Crippen molar-refractivity contribution in [3.8, 4) is 0 Å². The molecule has 102 valence electrons. The van der Waals surface area contributed by atoms with Gasteiger partial charge < -0.3 is 4.55 Å². The van der Waals surface area contributed by atoms with Crippen molar-refractivity contribution in [2.45, 2.75) is 45.4 Å². The molecule has 0 aliphatic carbocycles. The highest BCUT2D eigenvalue weighted by Gasteiger charge is 2.35. The highest BCUT2D eigenvalue weighted by Crippen LogP contribution is 2.29. The molecule has 0 aromatic carbocycles. The van der Waals surface area contributed by atoms with Gasteiger partial charge in [-0.05, 0) is 52.3 Å². The molecule has 3 nitrogen and oxygen atoms in total. The summed E-state index contributed by atoms with van der Waals surface area (Å²) in [7, 11) is 0. The van der Waals surface area contributed by atoms with Gasteiger partial charge in [0.15, 0.2) is 0 Å². The Kier molecular flexibility index (Phi) is 5.46. The van der Waals surface area contributed by atoms with Crippen LogP contribution in [0.4, 0.5) is 0 Å². The second kappa shape index (κ2) is 6.24. The molecule has 0 aliphatic heterocycles. The number of halogens is 1. The number of nitrogens with zero attached hydrogens (tertiary/aromatic N) is 2. The van der Waals surface area contributed by atoms with Gasteiger partial charge in [0.2, 0.25) is 0 Å². The Bertz CT molecular complexity index is 395. The van der Waals surface area contributed by atoms with Crippen molar-refractivity contribution >= 4 is 23.0 Å². The number of hydrogen-bond donors (Lipinski definition) is 0. The molecule has 0 radical (unpaired) electrons. The molecule has 5 heteroatoms. The van der Waals surface area contributed by atoms with Crippen molar-refractivity contribution in [3.63, 3.8) is 0 Å². The maximum atomic E-state index is 12.5. The predicted molar refractivity (Wildman–Crippen MR) is 77.9 cm³/mol. The van der Waals surface area contributed by atoms with E-state index in [4.69, 9.17) is 11.6 Å². The van der Waals surface area contributed by atoms with E-state index < -0.39 is 11.4 Å².